The summed E-state index contributed by atoms with van der Waals surface area (Å²) in [5.41, 5.74) is 7.68. The molecule has 2 heterocycles. The van der Waals surface area contributed by atoms with Crippen molar-refractivity contribution in [1.82, 2.24) is 15.0 Å². The van der Waals surface area contributed by atoms with E-state index in [-0.39, 0.29) is 17.6 Å². The zero-order valence-corrected chi connectivity index (χ0v) is 18.1. The molecule has 0 saturated heterocycles. The summed E-state index contributed by atoms with van der Waals surface area (Å²) in [6.45, 7) is 7.59. The summed E-state index contributed by atoms with van der Waals surface area (Å²) in [6, 6.07) is 9.39. The Labute approximate surface area is 190 Å². The van der Waals surface area contributed by atoms with Crippen molar-refractivity contribution in [2.45, 2.75) is 48.7 Å². The second-order valence-electron chi connectivity index (χ2n) is 7.48. The third-order valence-corrected chi connectivity index (χ3v) is 6.37. The van der Waals surface area contributed by atoms with Gasteiger partial charge >= 0.3 is 0 Å². The number of rotatable bonds is 6. The minimum Gasteiger partial charge on any atom is -0.488 e. The van der Waals surface area contributed by atoms with Crippen LogP contribution in [0.5, 0.6) is 5.75 Å². The van der Waals surface area contributed by atoms with E-state index >= 15 is 0 Å². The van der Waals surface area contributed by atoms with Gasteiger partial charge in [0.2, 0.25) is 5.69 Å². The van der Waals surface area contributed by atoms with Crippen molar-refractivity contribution in [3.05, 3.63) is 59.5 Å². The van der Waals surface area contributed by atoms with Gasteiger partial charge in [-0.3, -0.25) is 0 Å². The van der Waals surface area contributed by atoms with Crippen LogP contribution in [0.1, 0.15) is 37.1 Å². The number of hydrogen-bond donors (Lipinski definition) is 3. The van der Waals surface area contributed by atoms with Gasteiger partial charge in [0, 0.05) is 18.0 Å². The van der Waals surface area contributed by atoms with Gasteiger partial charge in [-0.25, -0.2) is 14.8 Å². The van der Waals surface area contributed by atoms with E-state index in [2.05, 4.69) is 25.9 Å². The van der Waals surface area contributed by atoms with E-state index in [9.17, 15) is 10.4 Å². The largest absolute Gasteiger partial charge is 0.488 e. The topological polar surface area (TPSA) is 125 Å². The normalized spacial score (nSPS) is 18.0. The number of ether oxygens (including phenoxy) is 1. The molecule has 1 fully saturated rings. The van der Waals surface area contributed by atoms with Gasteiger partial charge in [-0.05, 0) is 37.0 Å². The molecular weight excluding hydrogens is 424 g/mol. The molecule has 0 spiro atoms. The van der Waals surface area contributed by atoms with Crippen LogP contribution in [0.25, 0.3) is 16.0 Å². The fraction of sp³-hybridized carbons (Fsp3) is 0.304. The number of nitrogens with zero attached hydrogens (tertiary/aromatic N) is 4. The number of hydrogen-bond acceptors (Lipinski definition) is 7. The van der Waals surface area contributed by atoms with E-state index in [0.717, 1.165) is 31.5 Å². The highest BCUT2D eigenvalue weighted by atomic mass is 32.2. The van der Waals surface area contributed by atoms with E-state index in [0.29, 0.717) is 33.2 Å². The summed E-state index contributed by atoms with van der Waals surface area (Å²) in [6.07, 6.45) is 6.32. The number of H-pyrrole nitrogens is 1. The zero-order valence-electron chi connectivity index (χ0n) is 17.3. The molecule has 1 aromatic carbocycles. The fourth-order valence-electron chi connectivity index (χ4n) is 3.78. The summed E-state index contributed by atoms with van der Waals surface area (Å²) in [7, 11) is 0. The smallest absolute Gasteiger partial charge is 0.236 e. The van der Waals surface area contributed by atoms with Crippen molar-refractivity contribution in [2.75, 3.05) is 5.73 Å². The zero-order chi connectivity index (χ0) is 22.5. The molecule has 162 valence electrons. The van der Waals surface area contributed by atoms with E-state index in [4.69, 9.17) is 17.0 Å². The lowest BCUT2D eigenvalue weighted by molar-refractivity contribution is 0.00688. The fourth-order valence-corrected chi connectivity index (χ4v) is 4.66. The SMILES string of the molecule is [C-]#[N+]c1c(N)nc(SCc2ncc[nH]2)c(C#N)c1-c1ccc(O[C@H]2CCCC[C@@H]2O)cc1. The lowest BCUT2D eigenvalue weighted by Gasteiger charge is -2.28. The molecule has 4 rings (SSSR count). The number of aromatic amines is 1. The van der Waals surface area contributed by atoms with Crippen molar-refractivity contribution in [3.63, 3.8) is 0 Å². The van der Waals surface area contributed by atoms with E-state index < -0.39 is 6.10 Å². The van der Waals surface area contributed by atoms with Crippen LogP contribution in [-0.4, -0.2) is 32.3 Å². The first-order chi connectivity index (χ1) is 15.6. The Morgan fingerprint density at radius 3 is 2.75 bits per heavy atom. The van der Waals surface area contributed by atoms with Gasteiger partial charge in [-0.15, -0.1) is 0 Å². The Morgan fingerprint density at radius 1 is 1.31 bits per heavy atom. The minimum absolute atomic E-state index is 0.0848. The van der Waals surface area contributed by atoms with Crippen molar-refractivity contribution in [3.8, 4) is 22.9 Å². The lowest BCUT2D eigenvalue weighted by Crippen LogP contribution is -2.34. The number of pyridine rings is 1. The number of anilines is 1. The van der Waals surface area contributed by atoms with Crippen LogP contribution in [0.15, 0.2) is 41.7 Å². The minimum atomic E-state index is -0.462. The number of imidazole rings is 1. The second kappa shape index (κ2) is 9.73. The van der Waals surface area contributed by atoms with E-state index in [1.165, 1.54) is 11.8 Å². The number of aliphatic hydroxyl groups is 1. The molecule has 2 aromatic heterocycles. The molecule has 0 bridgehead atoms. The Balaban J connectivity index is 1.65. The number of nitriles is 1. The second-order valence-corrected chi connectivity index (χ2v) is 8.45. The van der Waals surface area contributed by atoms with Gasteiger partial charge < -0.3 is 20.6 Å². The molecule has 2 atom stereocenters. The summed E-state index contributed by atoms with van der Waals surface area (Å²) in [4.78, 5) is 15.1. The van der Waals surface area contributed by atoms with E-state index in [1.807, 2.05) is 0 Å². The Hall–Kier alpha value is -3.53. The number of nitrogens with one attached hydrogen (secondary N) is 1. The van der Waals surface area contributed by atoms with Crippen LogP contribution in [0.4, 0.5) is 11.5 Å². The van der Waals surface area contributed by atoms with Crippen molar-refractivity contribution < 1.29 is 9.84 Å². The molecule has 0 amide bonds. The molecule has 0 aliphatic heterocycles. The number of thioether (sulfide) groups is 1. The molecule has 8 nitrogen and oxygen atoms in total. The Bertz CT molecular complexity index is 1170. The highest BCUT2D eigenvalue weighted by molar-refractivity contribution is 7.98. The quantitative estimate of drug-likeness (QED) is 0.377. The van der Waals surface area contributed by atoms with Crippen LogP contribution in [0, 0.1) is 17.9 Å². The van der Waals surface area contributed by atoms with Crippen molar-refractivity contribution >= 4 is 23.3 Å². The van der Waals surface area contributed by atoms with Crippen LogP contribution in [0.3, 0.4) is 0 Å². The predicted molar refractivity (Wildman–Crippen MR) is 122 cm³/mol. The van der Waals surface area contributed by atoms with E-state index in [1.54, 1.807) is 36.7 Å². The molecule has 1 aliphatic carbocycles. The predicted octanol–water partition coefficient (Wildman–Crippen LogP) is 4.45. The molecule has 0 radical (unpaired) electrons. The van der Waals surface area contributed by atoms with Gasteiger partial charge in [-0.1, -0.05) is 30.3 Å². The first-order valence-corrected chi connectivity index (χ1v) is 11.3. The highest BCUT2D eigenvalue weighted by Gasteiger charge is 2.25. The number of aromatic nitrogens is 3. The molecular formula is C23H22N6O2S. The summed E-state index contributed by atoms with van der Waals surface area (Å²) in [5.74, 6) is 1.96. The van der Waals surface area contributed by atoms with Crippen LogP contribution in [-0.2, 0) is 5.75 Å². The van der Waals surface area contributed by atoms with Gasteiger partial charge in [0.15, 0.2) is 0 Å². The summed E-state index contributed by atoms with van der Waals surface area (Å²) < 4.78 is 5.97. The lowest BCUT2D eigenvalue weighted by atomic mass is 9.95. The van der Waals surface area contributed by atoms with Crippen molar-refractivity contribution in [1.29, 1.82) is 5.26 Å². The average molecular weight is 447 g/mol. The monoisotopic (exact) mass is 446 g/mol. The molecule has 1 saturated carbocycles. The van der Waals surface area contributed by atoms with Gasteiger partial charge in [-0.2, -0.15) is 5.26 Å². The number of nitrogen functional groups attached to an aromatic ring is 1. The first kappa shape index (κ1) is 21.7. The molecule has 32 heavy (non-hydrogen) atoms. The Morgan fingerprint density at radius 2 is 2.09 bits per heavy atom. The third kappa shape index (κ3) is 4.54. The first-order valence-electron chi connectivity index (χ1n) is 10.3. The molecule has 0 unspecified atom stereocenters. The van der Waals surface area contributed by atoms with Crippen molar-refractivity contribution in [2.24, 2.45) is 0 Å². The molecule has 3 aromatic rings. The maximum Gasteiger partial charge on any atom is 0.236 e. The molecule has 9 heteroatoms. The summed E-state index contributed by atoms with van der Waals surface area (Å²) in [5, 5.41) is 20.5. The molecule has 1 aliphatic rings. The number of nitrogens with two attached hydrogens (primary N) is 1. The summed E-state index contributed by atoms with van der Waals surface area (Å²) >= 11 is 1.34. The average Bonchev–Trinajstić information content (AvgIpc) is 3.33. The van der Waals surface area contributed by atoms with Gasteiger partial charge in [0.1, 0.15) is 34.6 Å². The van der Waals surface area contributed by atoms with Crippen LogP contribution in [0.2, 0.25) is 0 Å². The standard InChI is InChI=1S/C23H22N6O2S/c1-26-21-20(14-6-8-15(9-7-14)31-18-5-3-2-4-17(18)30)16(12-24)23(29-22(21)25)32-13-19-27-10-11-28-19/h6-11,17-18,30H,2-5,13H2,(H2,25,29)(H,27,28)/t17-,18-/m0/s1. The molecule has 4 N–H and O–H groups in total. The van der Waals surface area contributed by atoms with Gasteiger partial charge in [0.05, 0.1) is 24.0 Å². The Kier molecular flexibility index (Phi) is 6.60. The van der Waals surface area contributed by atoms with Crippen LogP contribution < -0.4 is 10.5 Å². The van der Waals surface area contributed by atoms with Gasteiger partial charge in [0.25, 0.3) is 0 Å². The van der Waals surface area contributed by atoms with Crippen LogP contribution >= 0.6 is 11.8 Å². The maximum absolute atomic E-state index is 10.2. The third-order valence-electron chi connectivity index (χ3n) is 5.39. The number of benzene rings is 1. The number of aliphatic hydroxyl groups excluding tert-OH is 1. The highest BCUT2D eigenvalue weighted by Crippen LogP contribution is 2.42. The maximum atomic E-state index is 10.2.